The zero-order chi connectivity index (χ0) is 15.5. The molecular formula is C18H19N3O. The molecule has 0 spiro atoms. The number of nitriles is 1. The lowest BCUT2D eigenvalue weighted by Gasteiger charge is -2.29. The number of pyridine rings is 1. The van der Waals surface area contributed by atoms with Crippen molar-refractivity contribution in [1.82, 2.24) is 9.88 Å². The smallest absolute Gasteiger partial charge is 0.266 e. The molecule has 0 amide bonds. The normalized spacial score (nSPS) is 14.4. The first-order valence-electron chi connectivity index (χ1n) is 7.66. The van der Waals surface area contributed by atoms with Gasteiger partial charge in [0.2, 0.25) is 0 Å². The van der Waals surface area contributed by atoms with Crippen LogP contribution in [0.2, 0.25) is 0 Å². The van der Waals surface area contributed by atoms with Crippen molar-refractivity contribution in [2.24, 2.45) is 0 Å². The molecule has 4 heteroatoms. The standard InChI is InChI=1S/C18H19N3O/c1-2-21-9-8-14-15(11-19)18(22)20-17(16(14)12-21)10-13-6-4-3-5-7-13/h3-7H,2,8-10,12H2,1H3,(H,20,22). The summed E-state index contributed by atoms with van der Waals surface area (Å²) < 4.78 is 0. The maximum atomic E-state index is 12.2. The quantitative estimate of drug-likeness (QED) is 0.944. The van der Waals surface area contributed by atoms with Gasteiger partial charge in [0.15, 0.2) is 0 Å². The number of hydrogen-bond acceptors (Lipinski definition) is 3. The van der Waals surface area contributed by atoms with Crippen LogP contribution in [0.5, 0.6) is 0 Å². The highest BCUT2D eigenvalue weighted by atomic mass is 16.1. The van der Waals surface area contributed by atoms with Crippen molar-refractivity contribution in [3.05, 3.63) is 68.6 Å². The molecule has 4 nitrogen and oxygen atoms in total. The molecule has 22 heavy (non-hydrogen) atoms. The Morgan fingerprint density at radius 2 is 2.05 bits per heavy atom. The van der Waals surface area contributed by atoms with Gasteiger partial charge in [0, 0.05) is 25.2 Å². The van der Waals surface area contributed by atoms with Gasteiger partial charge in [-0.25, -0.2) is 0 Å². The zero-order valence-electron chi connectivity index (χ0n) is 12.7. The summed E-state index contributed by atoms with van der Waals surface area (Å²) in [5.74, 6) is 0. The van der Waals surface area contributed by atoms with Crippen LogP contribution >= 0.6 is 0 Å². The summed E-state index contributed by atoms with van der Waals surface area (Å²) in [4.78, 5) is 17.5. The average Bonchev–Trinajstić information content (AvgIpc) is 2.56. The maximum Gasteiger partial charge on any atom is 0.266 e. The van der Waals surface area contributed by atoms with Crippen LogP contribution in [0.1, 0.15) is 34.9 Å². The highest BCUT2D eigenvalue weighted by Gasteiger charge is 2.23. The summed E-state index contributed by atoms with van der Waals surface area (Å²) in [7, 11) is 0. The summed E-state index contributed by atoms with van der Waals surface area (Å²) in [6, 6.07) is 12.2. The number of benzene rings is 1. The minimum atomic E-state index is -0.253. The van der Waals surface area contributed by atoms with Crippen LogP contribution in [0.3, 0.4) is 0 Å². The Labute approximate surface area is 130 Å². The summed E-state index contributed by atoms with van der Waals surface area (Å²) in [5.41, 5.74) is 4.23. The third-order valence-corrected chi connectivity index (χ3v) is 4.36. The van der Waals surface area contributed by atoms with E-state index in [1.54, 1.807) is 0 Å². The summed E-state index contributed by atoms with van der Waals surface area (Å²) in [6.07, 6.45) is 1.47. The number of nitrogens with zero attached hydrogens (tertiary/aromatic N) is 2. The Kier molecular flexibility index (Phi) is 4.08. The monoisotopic (exact) mass is 293 g/mol. The molecule has 0 atom stereocenters. The Balaban J connectivity index is 2.09. The summed E-state index contributed by atoms with van der Waals surface area (Å²) in [6.45, 7) is 4.83. The van der Waals surface area contributed by atoms with Crippen LogP contribution in [0, 0.1) is 11.3 Å². The Morgan fingerprint density at radius 1 is 1.27 bits per heavy atom. The first kappa shape index (κ1) is 14.6. The summed E-state index contributed by atoms with van der Waals surface area (Å²) in [5, 5.41) is 9.29. The summed E-state index contributed by atoms with van der Waals surface area (Å²) >= 11 is 0. The second kappa shape index (κ2) is 6.17. The number of likely N-dealkylation sites (N-methyl/N-ethyl adjacent to an activating group) is 1. The van der Waals surface area contributed by atoms with Crippen molar-refractivity contribution in [1.29, 1.82) is 5.26 Å². The predicted octanol–water partition coefficient (Wildman–Crippen LogP) is 2.22. The first-order chi connectivity index (χ1) is 10.7. The van der Waals surface area contributed by atoms with Gasteiger partial charge in [-0.3, -0.25) is 9.69 Å². The van der Waals surface area contributed by atoms with E-state index in [2.05, 4.69) is 35.0 Å². The van der Waals surface area contributed by atoms with E-state index in [0.29, 0.717) is 12.0 Å². The van der Waals surface area contributed by atoms with E-state index in [4.69, 9.17) is 0 Å². The Hall–Kier alpha value is -2.38. The lowest BCUT2D eigenvalue weighted by Crippen LogP contribution is -2.34. The van der Waals surface area contributed by atoms with Crippen molar-refractivity contribution in [2.45, 2.75) is 26.3 Å². The third kappa shape index (κ3) is 2.68. The number of fused-ring (bicyclic) bond motifs is 1. The fraction of sp³-hybridized carbons (Fsp3) is 0.333. The molecule has 1 N–H and O–H groups in total. The molecular weight excluding hydrogens is 274 g/mol. The van der Waals surface area contributed by atoms with Gasteiger partial charge in [0.05, 0.1) is 0 Å². The minimum absolute atomic E-state index is 0.253. The largest absolute Gasteiger partial charge is 0.324 e. The van der Waals surface area contributed by atoms with Gasteiger partial charge < -0.3 is 4.98 Å². The van der Waals surface area contributed by atoms with Crippen molar-refractivity contribution in [3.63, 3.8) is 0 Å². The van der Waals surface area contributed by atoms with Gasteiger partial charge in [-0.15, -0.1) is 0 Å². The van der Waals surface area contributed by atoms with Crippen LogP contribution < -0.4 is 5.56 Å². The second-order valence-electron chi connectivity index (χ2n) is 5.66. The van der Waals surface area contributed by atoms with Gasteiger partial charge in [-0.1, -0.05) is 37.3 Å². The van der Waals surface area contributed by atoms with Crippen molar-refractivity contribution in [3.8, 4) is 6.07 Å². The molecule has 0 radical (unpaired) electrons. The minimum Gasteiger partial charge on any atom is -0.324 e. The average molecular weight is 293 g/mol. The molecule has 0 saturated carbocycles. The van der Waals surface area contributed by atoms with E-state index < -0.39 is 0 Å². The molecule has 3 rings (SSSR count). The lowest BCUT2D eigenvalue weighted by atomic mass is 9.92. The van der Waals surface area contributed by atoms with Gasteiger partial charge in [0.1, 0.15) is 11.6 Å². The van der Waals surface area contributed by atoms with Gasteiger partial charge in [-0.05, 0) is 29.7 Å². The van der Waals surface area contributed by atoms with Crippen molar-refractivity contribution >= 4 is 0 Å². The number of aromatic amines is 1. The van der Waals surface area contributed by atoms with Gasteiger partial charge in [-0.2, -0.15) is 5.26 Å². The first-order valence-corrected chi connectivity index (χ1v) is 7.66. The van der Waals surface area contributed by atoms with E-state index in [-0.39, 0.29) is 5.56 Å². The molecule has 0 fully saturated rings. The molecule has 112 valence electrons. The zero-order valence-corrected chi connectivity index (χ0v) is 12.7. The van der Waals surface area contributed by atoms with Crippen LogP contribution in [0.15, 0.2) is 35.1 Å². The van der Waals surface area contributed by atoms with Gasteiger partial charge in [0.25, 0.3) is 5.56 Å². The van der Waals surface area contributed by atoms with Crippen molar-refractivity contribution < 1.29 is 0 Å². The molecule has 0 aliphatic carbocycles. The number of nitrogens with one attached hydrogen (secondary N) is 1. The molecule has 0 saturated heterocycles. The predicted molar refractivity (Wildman–Crippen MR) is 85.7 cm³/mol. The fourth-order valence-corrected chi connectivity index (χ4v) is 3.12. The highest BCUT2D eigenvalue weighted by molar-refractivity contribution is 5.45. The Morgan fingerprint density at radius 3 is 2.73 bits per heavy atom. The van der Waals surface area contributed by atoms with E-state index >= 15 is 0 Å². The van der Waals surface area contributed by atoms with Gasteiger partial charge >= 0.3 is 0 Å². The molecule has 1 aromatic heterocycles. The SMILES string of the molecule is CCN1CCc2c(c(Cc3ccccc3)[nH]c(=O)c2C#N)C1. The number of H-pyrrole nitrogens is 1. The molecule has 1 aromatic carbocycles. The molecule has 0 bridgehead atoms. The van der Waals surface area contributed by atoms with E-state index in [1.165, 1.54) is 5.56 Å². The van der Waals surface area contributed by atoms with E-state index in [9.17, 15) is 10.1 Å². The van der Waals surface area contributed by atoms with E-state index in [0.717, 1.165) is 42.9 Å². The van der Waals surface area contributed by atoms with Crippen LogP contribution in [0.25, 0.3) is 0 Å². The number of rotatable bonds is 3. The van der Waals surface area contributed by atoms with Crippen LogP contribution in [0.4, 0.5) is 0 Å². The fourth-order valence-electron chi connectivity index (χ4n) is 3.12. The van der Waals surface area contributed by atoms with Crippen molar-refractivity contribution in [2.75, 3.05) is 13.1 Å². The van der Waals surface area contributed by atoms with Crippen LogP contribution in [-0.4, -0.2) is 23.0 Å². The molecule has 2 aromatic rings. The molecule has 1 aliphatic heterocycles. The Bertz CT molecular complexity index is 771. The molecule has 1 aliphatic rings. The van der Waals surface area contributed by atoms with Crippen LogP contribution in [-0.2, 0) is 19.4 Å². The lowest BCUT2D eigenvalue weighted by molar-refractivity contribution is 0.266. The van der Waals surface area contributed by atoms with E-state index in [1.807, 2.05) is 18.2 Å². The molecule has 2 heterocycles. The highest BCUT2D eigenvalue weighted by Crippen LogP contribution is 2.24. The maximum absolute atomic E-state index is 12.2. The second-order valence-corrected chi connectivity index (χ2v) is 5.66. The number of hydrogen-bond donors (Lipinski definition) is 1. The molecule has 0 unspecified atom stereocenters. The number of aromatic nitrogens is 1. The topological polar surface area (TPSA) is 59.9 Å². The third-order valence-electron chi connectivity index (χ3n) is 4.36.